The van der Waals surface area contributed by atoms with Gasteiger partial charge in [-0.3, -0.25) is 4.98 Å². The van der Waals surface area contributed by atoms with E-state index >= 15 is 0 Å². The van der Waals surface area contributed by atoms with Crippen LogP contribution in [0.1, 0.15) is 10.4 Å². The lowest BCUT2D eigenvalue weighted by atomic mass is 10.3. The number of aromatic nitrogens is 1. The summed E-state index contributed by atoms with van der Waals surface area (Å²) in [5.41, 5.74) is 4.72. The molecule has 5 nitrogen and oxygen atoms in total. The molecular formula is C6H6N2O3. The number of aromatic carboxylic acids is 1. The molecule has 0 spiro atoms. The molecular weight excluding hydrogens is 148 g/mol. The molecule has 0 unspecified atom stereocenters. The Morgan fingerprint density at radius 1 is 1.55 bits per heavy atom. The highest BCUT2D eigenvalue weighted by atomic mass is 16.4. The van der Waals surface area contributed by atoms with Crippen molar-refractivity contribution in [3.05, 3.63) is 35.0 Å². The third-order valence-corrected chi connectivity index (χ3v) is 0.908. The second kappa shape index (κ2) is 5.04. The predicted molar refractivity (Wildman–Crippen MR) is 37.3 cm³/mol. The van der Waals surface area contributed by atoms with Gasteiger partial charge in [0.1, 0.15) is 0 Å². The SMILES string of the molecule is N=O.O=C(O)c1cccnc1. The third kappa shape index (κ3) is 3.04. The summed E-state index contributed by atoms with van der Waals surface area (Å²) in [5, 5.41) is 8.34. The Labute approximate surface area is 62.5 Å². The summed E-state index contributed by atoms with van der Waals surface area (Å²) < 4.78 is 0. The molecule has 0 amide bonds. The fourth-order valence-electron chi connectivity index (χ4n) is 0.489. The van der Waals surface area contributed by atoms with E-state index < -0.39 is 5.97 Å². The van der Waals surface area contributed by atoms with E-state index in [1.165, 1.54) is 18.5 Å². The molecule has 58 valence electrons. The van der Waals surface area contributed by atoms with Gasteiger partial charge >= 0.3 is 5.97 Å². The molecule has 1 heterocycles. The van der Waals surface area contributed by atoms with Gasteiger partial charge in [0, 0.05) is 12.4 Å². The minimum absolute atomic E-state index is 0.220. The zero-order valence-electron chi connectivity index (χ0n) is 5.52. The average molecular weight is 154 g/mol. The van der Waals surface area contributed by atoms with Gasteiger partial charge in [-0.1, -0.05) is 5.59 Å². The molecule has 1 aromatic heterocycles. The average Bonchev–Trinajstić information content (AvgIpc) is 2.10. The molecule has 1 aromatic rings. The molecule has 0 aliphatic heterocycles. The van der Waals surface area contributed by atoms with Crippen LogP contribution in [0.25, 0.3) is 0 Å². The van der Waals surface area contributed by atoms with Crippen LogP contribution < -0.4 is 0 Å². The van der Waals surface area contributed by atoms with E-state index in [1.54, 1.807) is 6.07 Å². The summed E-state index contributed by atoms with van der Waals surface area (Å²) >= 11 is 0. The number of hydrogen-bond donors (Lipinski definition) is 2. The topological polar surface area (TPSA) is 91.1 Å². The molecule has 11 heavy (non-hydrogen) atoms. The Morgan fingerprint density at radius 2 is 2.18 bits per heavy atom. The molecule has 1 rings (SSSR count). The van der Waals surface area contributed by atoms with Crippen molar-refractivity contribution >= 4 is 5.97 Å². The van der Waals surface area contributed by atoms with Gasteiger partial charge in [0.2, 0.25) is 0 Å². The van der Waals surface area contributed by atoms with Crippen LogP contribution in [0.2, 0.25) is 0 Å². The van der Waals surface area contributed by atoms with Gasteiger partial charge in [-0.25, -0.2) is 4.79 Å². The first-order valence-corrected chi connectivity index (χ1v) is 2.64. The summed E-state index contributed by atoms with van der Waals surface area (Å²) in [4.78, 5) is 21.3. The zero-order chi connectivity index (χ0) is 8.69. The van der Waals surface area contributed by atoms with Gasteiger partial charge in [-0.15, -0.1) is 0 Å². The zero-order valence-corrected chi connectivity index (χ0v) is 5.52. The molecule has 2 N–H and O–H groups in total. The maximum Gasteiger partial charge on any atom is 0.337 e. The summed E-state index contributed by atoms with van der Waals surface area (Å²) in [7, 11) is 0. The molecule has 0 aliphatic rings. The van der Waals surface area contributed by atoms with Gasteiger partial charge < -0.3 is 5.11 Å². The number of nitrogens with one attached hydrogen (secondary N) is 1. The van der Waals surface area contributed by atoms with Crippen molar-refractivity contribution in [3.8, 4) is 0 Å². The van der Waals surface area contributed by atoms with Crippen LogP contribution in [0.3, 0.4) is 0 Å². The highest BCUT2D eigenvalue weighted by Gasteiger charge is 1.97. The van der Waals surface area contributed by atoms with Crippen LogP contribution in [-0.4, -0.2) is 16.1 Å². The number of carbonyl (C=O) groups is 1. The molecule has 0 aliphatic carbocycles. The maximum atomic E-state index is 10.2. The van der Waals surface area contributed by atoms with Crippen molar-refractivity contribution in [2.45, 2.75) is 0 Å². The monoisotopic (exact) mass is 154 g/mol. The molecule has 0 saturated heterocycles. The largest absolute Gasteiger partial charge is 0.478 e. The lowest BCUT2D eigenvalue weighted by molar-refractivity contribution is 0.0696. The van der Waals surface area contributed by atoms with Crippen LogP contribution >= 0.6 is 0 Å². The van der Waals surface area contributed by atoms with Gasteiger partial charge in [0.25, 0.3) is 0 Å². The van der Waals surface area contributed by atoms with E-state index in [4.69, 9.17) is 10.0 Å². The Balaban J connectivity index is 0.000000461. The second-order valence-corrected chi connectivity index (χ2v) is 1.55. The number of hydrogen-bond acceptors (Lipinski definition) is 4. The quantitative estimate of drug-likeness (QED) is 0.592. The van der Waals surface area contributed by atoms with Crippen LogP contribution in [0, 0.1) is 10.5 Å². The molecule has 0 aromatic carbocycles. The molecule has 0 fully saturated rings. The normalized spacial score (nSPS) is 7.64. The van der Waals surface area contributed by atoms with E-state index in [1.807, 2.05) is 0 Å². The first-order chi connectivity index (χ1) is 5.30. The number of rotatable bonds is 1. The maximum absolute atomic E-state index is 10.2. The first-order valence-electron chi connectivity index (χ1n) is 2.64. The van der Waals surface area contributed by atoms with Crippen molar-refractivity contribution in [2.75, 3.05) is 0 Å². The van der Waals surface area contributed by atoms with Gasteiger partial charge in [-0.2, -0.15) is 4.91 Å². The Kier molecular flexibility index (Phi) is 4.22. The second-order valence-electron chi connectivity index (χ2n) is 1.55. The van der Waals surface area contributed by atoms with Gasteiger partial charge in [0.05, 0.1) is 5.56 Å². The van der Waals surface area contributed by atoms with Gasteiger partial charge in [-0.05, 0) is 12.1 Å². The summed E-state index contributed by atoms with van der Waals surface area (Å²) in [6.07, 6.45) is 2.84. The van der Waals surface area contributed by atoms with Crippen LogP contribution in [0.4, 0.5) is 0 Å². The number of carboxylic acid groups (broad SMARTS) is 1. The van der Waals surface area contributed by atoms with Crippen LogP contribution in [0.5, 0.6) is 0 Å². The highest BCUT2D eigenvalue weighted by molar-refractivity contribution is 5.86. The summed E-state index contributed by atoms with van der Waals surface area (Å²) in [5.74, 6) is -0.942. The smallest absolute Gasteiger partial charge is 0.337 e. The van der Waals surface area contributed by atoms with E-state index in [9.17, 15) is 4.79 Å². The lowest BCUT2D eigenvalue weighted by Gasteiger charge is -1.87. The van der Waals surface area contributed by atoms with E-state index in [0.717, 1.165) is 0 Å². The third-order valence-electron chi connectivity index (χ3n) is 0.908. The lowest BCUT2D eigenvalue weighted by Crippen LogP contribution is -1.94. The first kappa shape index (κ1) is 9.22. The fourth-order valence-corrected chi connectivity index (χ4v) is 0.489. The Morgan fingerprint density at radius 3 is 2.45 bits per heavy atom. The number of pyridine rings is 1. The van der Waals surface area contributed by atoms with Crippen molar-refractivity contribution in [2.24, 2.45) is 0 Å². The summed E-state index contributed by atoms with van der Waals surface area (Å²) in [6, 6.07) is 3.08. The van der Waals surface area contributed by atoms with E-state index in [-0.39, 0.29) is 5.56 Å². The minimum Gasteiger partial charge on any atom is -0.478 e. The van der Waals surface area contributed by atoms with Crippen molar-refractivity contribution < 1.29 is 9.90 Å². The van der Waals surface area contributed by atoms with E-state index in [2.05, 4.69) is 10.6 Å². The molecule has 0 radical (unpaired) electrons. The van der Waals surface area contributed by atoms with Crippen molar-refractivity contribution in [1.29, 1.82) is 5.59 Å². The summed E-state index contributed by atoms with van der Waals surface area (Å²) in [6.45, 7) is 0. The molecule has 0 saturated carbocycles. The van der Waals surface area contributed by atoms with Crippen molar-refractivity contribution in [1.82, 2.24) is 4.98 Å². The standard InChI is InChI=1S/C6H5NO2.HNO/c8-6(9)5-2-1-3-7-4-5;1-2/h1-4H,(H,8,9);1H. The number of nitrogens with zero attached hydrogens (tertiary/aromatic N) is 1. The molecule has 0 atom stereocenters. The molecule has 5 heteroatoms. The highest BCUT2D eigenvalue weighted by Crippen LogP contribution is 1.92. The van der Waals surface area contributed by atoms with Gasteiger partial charge in [0.15, 0.2) is 0 Å². The number of nitroso groups, excluding NO2 is 1. The minimum atomic E-state index is -0.942. The van der Waals surface area contributed by atoms with Crippen LogP contribution in [-0.2, 0) is 0 Å². The molecule has 0 bridgehead atoms. The predicted octanol–water partition coefficient (Wildman–Crippen LogP) is 1.11. The Hall–Kier alpha value is -1.78. The fraction of sp³-hybridized carbons (Fsp3) is 0. The van der Waals surface area contributed by atoms with Crippen LogP contribution in [0.15, 0.2) is 24.5 Å². The Bertz CT molecular complexity index is 225. The van der Waals surface area contributed by atoms with E-state index in [0.29, 0.717) is 0 Å². The number of carboxylic acids is 1. The van der Waals surface area contributed by atoms with Crippen molar-refractivity contribution in [3.63, 3.8) is 0 Å².